The lowest BCUT2D eigenvalue weighted by Crippen LogP contribution is -2.22. The van der Waals surface area contributed by atoms with Crippen LogP contribution in [0.3, 0.4) is 0 Å². The van der Waals surface area contributed by atoms with Crippen molar-refractivity contribution >= 4 is 33.4 Å². The summed E-state index contributed by atoms with van der Waals surface area (Å²) in [4.78, 5) is 35.0. The molecular weight excluding hydrogens is 374 g/mol. The minimum absolute atomic E-state index is 0.0637. The number of nitrogens with one attached hydrogen (secondary N) is 2. The molecule has 7 heteroatoms. The van der Waals surface area contributed by atoms with E-state index in [-0.39, 0.29) is 23.8 Å². The zero-order chi connectivity index (χ0) is 17.5. The highest BCUT2D eigenvalue weighted by atomic mass is 79.9. The van der Waals surface area contributed by atoms with Gasteiger partial charge in [0.2, 0.25) is 11.8 Å². The lowest BCUT2D eigenvalue weighted by atomic mass is 10.1. The summed E-state index contributed by atoms with van der Waals surface area (Å²) in [5.41, 5.74) is 1.37. The summed E-state index contributed by atoms with van der Waals surface area (Å²) in [5, 5.41) is 5.34. The molecule has 0 aliphatic carbocycles. The molecule has 0 saturated heterocycles. The van der Waals surface area contributed by atoms with Gasteiger partial charge in [0.15, 0.2) is 0 Å². The van der Waals surface area contributed by atoms with Crippen LogP contribution < -0.4 is 16.2 Å². The minimum Gasteiger partial charge on any atom is -0.359 e. The van der Waals surface area contributed by atoms with Gasteiger partial charge in [-0.2, -0.15) is 0 Å². The van der Waals surface area contributed by atoms with Gasteiger partial charge in [-0.15, -0.1) is 0 Å². The lowest BCUT2D eigenvalue weighted by Gasteiger charge is -2.08. The first-order valence-corrected chi connectivity index (χ1v) is 8.22. The van der Waals surface area contributed by atoms with Crippen molar-refractivity contribution in [3.8, 4) is 0 Å². The van der Waals surface area contributed by atoms with Crippen molar-refractivity contribution in [2.45, 2.75) is 19.4 Å². The van der Waals surface area contributed by atoms with Crippen molar-refractivity contribution in [2.75, 3.05) is 12.4 Å². The first-order valence-electron chi connectivity index (χ1n) is 7.43. The van der Waals surface area contributed by atoms with E-state index in [2.05, 4.69) is 26.6 Å². The van der Waals surface area contributed by atoms with E-state index < -0.39 is 0 Å². The number of nitrogens with zero attached hydrogens (tertiary/aromatic N) is 1. The summed E-state index contributed by atoms with van der Waals surface area (Å²) in [6, 6.07) is 10.2. The number of carbonyl (C=O) groups is 2. The van der Waals surface area contributed by atoms with Gasteiger partial charge in [0.05, 0.1) is 6.42 Å². The molecule has 0 unspecified atom stereocenters. The molecular formula is C17H18BrN3O3. The number of halogens is 1. The normalized spacial score (nSPS) is 10.2. The van der Waals surface area contributed by atoms with Crippen molar-refractivity contribution in [2.24, 2.45) is 0 Å². The van der Waals surface area contributed by atoms with Crippen LogP contribution in [-0.2, 0) is 22.6 Å². The molecule has 2 N–H and O–H groups in total. The van der Waals surface area contributed by atoms with Gasteiger partial charge >= 0.3 is 0 Å². The number of rotatable bonds is 6. The minimum atomic E-state index is -0.180. The van der Waals surface area contributed by atoms with Crippen molar-refractivity contribution in [3.63, 3.8) is 0 Å². The van der Waals surface area contributed by atoms with Crippen LogP contribution in [0.2, 0.25) is 0 Å². The number of amides is 2. The van der Waals surface area contributed by atoms with Crippen LogP contribution in [0.4, 0.5) is 5.69 Å². The fourth-order valence-electron chi connectivity index (χ4n) is 2.10. The molecule has 0 aliphatic heterocycles. The van der Waals surface area contributed by atoms with Crippen molar-refractivity contribution in [3.05, 3.63) is 63.0 Å². The first-order chi connectivity index (χ1) is 11.5. The fraction of sp³-hybridized carbons (Fsp3) is 0.235. The molecule has 2 rings (SSSR count). The number of pyridine rings is 1. The van der Waals surface area contributed by atoms with E-state index in [1.807, 2.05) is 0 Å². The number of aromatic nitrogens is 1. The Morgan fingerprint density at radius 1 is 1.08 bits per heavy atom. The third-order valence-electron chi connectivity index (χ3n) is 3.41. The van der Waals surface area contributed by atoms with Gasteiger partial charge in [-0.1, -0.05) is 12.1 Å². The Labute approximate surface area is 148 Å². The summed E-state index contributed by atoms with van der Waals surface area (Å²) in [5.74, 6) is -0.243. The second kappa shape index (κ2) is 8.44. The Hall–Kier alpha value is -2.41. The van der Waals surface area contributed by atoms with E-state index in [1.54, 1.807) is 43.6 Å². The molecule has 6 nitrogen and oxygen atoms in total. The Bertz CT molecular complexity index is 784. The van der Waals surface area contributed by atoms with Crippen molar-refractivity contribution in [1.82, 2.24) is 9.88 Å². The molecule has 0 aliphatic rings. The van der Waals surface area contributed by atoms with Gasteiger partial charge in [0.25, 0.3) is 5.56 Å². The summed E-state index contributed by atoms with van der Waals surface area (Å²) in [6.07, 6.45) is 2.15. The number of benzene rings is 1. The summed E-state index contributed by atoms with van der Waals surface area (Å²) >= 11 is 3.30. The van der Waals surface area contributed by atoms with Crippen LogP contribution in [0.1, 0.15) is 12.0 Å². The number of aryl methyl sites for hydroxylation is 1. The number of likely N-dealkylation sites (N-methyl/N-ethyl adjacent to an activating group) is 1. The van der Waals surface area contributed by atoms with Crippen LogP contribution in [0.15, 0.2) is 51.9 Å². The molecule has 0 radical (unpaired) electrons. The predicted molar refractivity (Wildman–Crippen MR) is 95.9 cm³/mol. The average Bonchev–Trinajstić information content (AvgIpc) is 2.57. The maximum Gasteiger partial charge on any atom is 0.250 e. The van der Waals surface area contributed by atoms with E-state index in [9.17, 15) is 14.4 Å². The maximum atomic E-state index is 12.0. The molecule has 0 atom stereocenters. The third-order valence-corrected chi connectivity index (χ3v) is 3.88. The summed E-state index contributed by atoms with van der Waals surface area (Å²) < 4.78 is 2.27. The smallest absolute Gasteiger partial charge is 0.250 e. The zero-order valence-electron chi connectivity index (χ0n) is 13.2. The molecule has 0 spiro atoms. The standard InChI is InChI=1S/C17H18BrN3O3/c1-19-16(23)10-12-2-5-14(6-3-12)20-15(22)8-9-21-11-13(18)4-7-17(21)24/h2-7,11H,8-10H2,1H3,(H,19,23)(H,20,22). The zero-order valence-corrected chi connectivity index (χ0v) is 14.8. The maximum absolute atomic E-state index is 12.0. The molecule has 1 aromatic heterocycles. The highest BCUT2D eigenvalue weighted by Gasteiger charge is 2.05. The highest BCUT2D eigenvalue weighted by molar-refractivity contribution is 9.10. The quantitative estimate of drug-likeness (QED) is 0.789. The van der Waals surface area contributed by atoms with Crippen molar-refractivity contribution < 1.29 is 9.59 Å². The Balaban J connectivity index is 1.89. The second-order valence-corrected chi connectivity index (χ2v) is 6.14. The highest BCUT2D eigenvalue weighted by Crippen LogP contribution is 2.11. The number of carbonyl (C=O) groups excluding carboxylic acids is 2. The summed E-state index contributed by atoms with van der Waals surface area (Å²) in [6.45, 7) is 0.304. The van der Waals surface area contributed by atoms with Crippen LogP contribution >= 0.6 is 15.9 Å². The number of hydrogen-bond acceptors (Lipinski definition) is 3. The SMILES string of the molecule is CNC(=O)Cc1ccc(NC(=O)CCn2cc(Br)ccc2=O)cc1. The molecule has 126 valence electrons. The van der Waals surface area contributed by atoms with E-state index in [0.29, 0.717) is 18.7 Å². The Morgan fingerprint density at radius 3 is 2.46 bits per heavy atom. The topological polar surface area (TPSA) is 80.2 Å². The van der Waals surface area contributed by atoms with Crippen molar-refractivity contribution in [1.29, 1.82) is 0 Å². The Kier molecular flexibility index (Phi) is 6.31. The van der Waals surface area contributed by atoms with E-state index in [0.717, 1.165) is 10.0 Å². The van der Waals surface area contributed by atoms with Gasteiger partial charge in [-0.05, 0) is 39.7 Å². The van der Waals surface area contributed by atoms with Gasteiger partial charge < -0.3 is 15.2 Å². The molecule has 0 saturated carbocycles. The Morgan fingerprint density at radius 2 is 1.79 bits per heavy atom. The first kappa shape index (κ1) is 17.9. The van der Waals surface area contributed by atoms with Crippen LogP contribution in [-0.4, -0.2) is 23.4 Å². The second-order valence-electron chi connectivity index (χ2n) is 5.22. The number of anilines is 1. The molecule has 2 amide bonds. The monoisotopic (exact) mass is 391 g/mol. The average molecular weight is 392 g/mol. The fourth-order valence-corrected chi connectivity index (χ4v) is 2.48. The summed E-state index contributed by atoms with van der Waals surface area (Å²) in [7, 11) is 1.59. The predicted octanol–water partition coefficient (Wildman–Crippen LogP) is 1.93. The molecule has 1 heterocycles. The van der Waals surface area contributed by atoms with Gasteiger partial charge in [0.1, 0.15) is 0 Å². The molecule has 0 bridgehead atoms. The largest absolute Gasteiger partial charge is 0.359 e. The van der Waals surface area contributed by atoms with Crippen LogP contribution in [0, 0.1) is 0 Å². The lowest BCUT2D eigenvalue weighted by molar-refractivity contribution is -0.120. The van der Waals surface area contributed by atoms with E-state index >= 15 is 0 Å². The molecule has 24 heavy (non-hydrogen) atoms. The molecule has 2 aromatic rings. The molecule has 1 aromatic carbocycles. The van der Waals surface area contributed by atoms with Gasteiger partial charge in [-0.3, -0.25) is 14.4 Å². The number of hydrogen-bond donors (Lipinski definition) is 2. The van der Waals surface area contributed by atoms with Crippen LogP contribution in [0.5, 0.6) is 0 Å². The van der Waals surface area contributed by atoms with Gasteiger partial charge in [-0.25, -0.2) is 0 Å². The van der Waals surface area contributed by atoms with E-state index in [1.165, 1.54) is 10.6 Å². The van der Waals surface area contributed by atoms with E-state index in [4.69, 9.17) is 0 Å². The van der Waals surface area contributed by atoms with Crippen LogP contribution in [0.25, 0.3) is 0 Å². The third kappa shape index (κ3) is 5.34. The van der Waals surface area contributed by atoms with Gasteiger partial charge in [0, 0.05) is 42.4 Å². The molecule has 0 fully saturated rings.